The fourth-order valence-corrected chi connectivity index (χ4v) is 2.17. The molecule has 98 valence electrons. The fourth-order valence-electron chi connectivity index (χ4n) is 2.17. The van der Waals surface area contributed by atoms with E-state index in [1.54, 1.807) is 7.11 Å². The molecule has 2 rings (SSSR count). The second kappa shape index (κ2) is 6.01. The highest BCUT2D eigenvalue weighted by Crippen LogP contribution is 2.39. The van der Waals surface area contributed by atoms with Crippen LogP contribution in [0.25, 0.3) is 0 Å². The number of rotatable bonds is 6. The Labute approximate surface area is 109 Å². The molecule has 0 N–H and O–H groups in total. The third-order valence-electron chi connectivity index (χ3n) is 3.52. The molecule has 2 atom stereocenters. The number of carbonyl (C=O) groups excluding carboxylic acids is 1. The lowest BCUT2D eigenvalue weighted by Crippen LogP contribution is -2.34. The van der Waals surface area contributed by atoms with Crippen LogP contribution in [0.15, 0.2) is 30.3 Å². The number of amides is 1. The van der Waals surface area contributed by atoms with Gasteiger partial charge in [-0.2, -0.15) is 0 Å². The molecular weight excluding hydrogens is 226 g/mol. The first-order valence-corrected chi connectivity index (χ1v) is 6.54. The number of methoxy groups -OCH3 is 1. The number of hydrogen-bond donors (Lipinski definition) is 0. The Balaban J connectivity index is 1.98. The smallest absolute Gasteiger partial charge is 0.226 e. The molecule has 2 unspecified atom stereocenters. The van der Waals surface area contributed by atoms with Crippen molar-refractivity contribution in [1.29, 1.82) is 0 Å². The molecule has 0 spiro atoms. The Bertz CT molecular complexity index is 391. The maximum atomic E-state index is 12.3. The first-order chi connectivity index (χ1) is 8.72. The van der Waals surface area contributed by atoms with Crippen molar-refractivity contribution in [3.8, 4) is 0 Å². The maximum Gasteiger partial charge on any atom is 0.226 e. The normalized spacial score (nSPS) is 21.7. The third-order valence-corrected chi connectivity index (χ3v) is 3.52. The van der Waals surface area contributed by atoms with Crippen molar-refractivity contribution in [1.82, 2.24) is 4.90 Å². The van der Waals surface area contributed by atoms with Crippen LogP contribution in [-0.4, -0.2) is 31.1 Å². The summed E-state index contributed by atoms with van der Waals surface area (Å²) in [5.41, 5.74) is 1.18. The largest absolute Gasteiger partial charge is 0.383 e. The Morgan fingerprint density at radius 3 is 2.61 bits per heavy atom. The van der Waals surface area contributed by atoms with E-state index in [1.165, 1.54) is 5.56 Å². The molecule has 0 bridgehead atoms. The highest BCUT2D eigenvalue weighted by atomic mass is 16.5. The summed E-state index contributed by atoms with van der Waals surface area (Å²) in [5.74, 6) is 1.08. The molecule has 1 amide bonds. The summed E-state index contributed by atoms with van der Waals surface area (Å²) in [7, 11) is 1.67. The minimum absolute atomic E-state index is 0.241. The van der Waals surface area contributed by atoms with Gasteiger partial charge in [-0.1, -0.05) is 37.3 Å². The molecule has 1 aliphatic carbocycles. The quantitative estimate of drug-likeness (QED) is 0.772. The maximum absolute atomic E-state index is 12.3. The second-order valence-electron chi connectivity index (χ2n) is 5.06. The Kier molecular flexibility index (Phi) is 4.37. The van der Waals surface area contributed by atoms with E-state index in [-0.39, 0.29) is 11.8 Å². The Morgan fingerprint density at radius 2 is 2.06 bits per heavy atom. The number of ether oxygens (including phenoxy) is 1. The molecule has 0 aromatic heterocycles. The number of hydrogen-bond acceptors (Lipinski definition) is 2. The van der Waals surface area contributed by atoms with Crippen molar-refractivity contribution in [2.75, 3.05) is 20.3 Å². The van der Waals surface area contributed by atoms with Gasteiger partial charge in [0, 0.05) is 26.1 Å². The average Bonchev–Trinajstić information content (AvgIpc) is 3.12. The summed E-state index contributed by atoms with van der Waals surface area (Å²) in [6.07, 6.45) is 1.04. The number of benzene rings is 1. The molecule has 1 aromatic rings. The van der Waals surface area contributed by atoms with Crippen molar-refractivity contribution < 1.29 is 9.53 Å². The summed E-state index contributed by atoms with van der Waals surface area (Å²) in [6.45, 7) is 4.10. The molecule has 0 radical (unpaired) electrons. The van der Waals surface area contributed by atoms with Crippen molar-refractivity contribution >= 4 is 5.91 Å². The van der Waals surface area contributed by atoms with Gasteiger partial charge in [0.25, 0.3) is 0 Å². The Morgan fingerprint density at radius 1 is 1.39 bits per heavy atom. The first kappa shape index (κ1) is 13.1. The predicted octanol–water partition coefficient (Wildman–Crippen LogP) is 2.32. The van der Waals surface area contributed by atoms with Gasteiger partial charge in [-0.25, -0.2) is 0 Å². The molecule has 3 nitrogen and oxygen atoms in total. The SMILES string of the molecule is COCCN(Cc1ccccc1)C(=O)C1CC1C. The first-order valence-electron chi connectivity index (χ1n) is 6.54. The van der Waals surface area contributed by atoms with Gasteiger partial charge in [0.1, 0.15) is 0 Å². The molecule has 1 aliphatic rings. The van der Waals surface area contributed by atoms with Crippen molar-refractivity contribution in [3.05, 3.63) is 35.9 Å². The van der Waals surface area contributed by atoms with Crippen molar-refractivity contribution in [2.24, 2.45) is 11.8 Å². The molecule has 18 heavy (non-hydrogen) atoms. The lowest BCUT2D eigenvalue weighted by atomic mass is 10.2. The van der Waals surface area contributed by atoms with Gasteiger partial charge in [0.15, 0.2) is 0 Å². The number of nitrogens with zero attached hydrogens (tertiary/aromatic N) is 1. The molecule has 1 fully saturated rings. The molecule has 0 heterocycles. The molecule has 1 saturated carbocycles. The summed E-state index contributed by atoms with van der Waals surface area (Å²) >= 11 is 0. The van der Waals surface area contributed by atoms with Gasteiger partial charge in [-0.05, 0) is 17.9 Å². The van der Waals surface area contributed by atoms with E-state index < -0.39 is 0 Å². The van der Waals surface area contributed by atoms with E-state index >= 15 is 0 Å². The topological polar surface area (TPSA) is 29.5 Å². The van der Waals surface area contributed by atoms with Gasteiger partial charge in [0.2, 0.25) is 5.91 Å². The van der Waals surface area contributed by atoms with Crippen LogP contribution in [0, 0.1) is 11.8 Å². The zero-order chi connectivity index (χ0) is 13.0. The van der Waals surface area contributed by atoms with Crippen molar-refractivity contribution in [3.63, 3.8) is 0 Å². The Hall–Kier alpha value is -1.35. The van der Waals surface area contributed by atoms with Crippen LogP contribution >= 0.6 is 0 Å². The van der Waals surface area contributed by atoms with Crippen molar-refractivity contribution in [2.45, 2.75) is 19.9 Å². The third kappa shape index (κ3) is 3.33. The summed E-state index contributed by atoms with van der Waals surface area (Å²) < 4.78 is 5.09. The summed E-state index contributed by atoms with van der Waals surface area (Å²) in [4.78, 5) is 14.2. The van der Waals surface area contributed by atoms with Crippen LogP contribution < -0.4 is 0 Å². The number of carbonyl (C=O) groups is 1. The molecule has 0 aliphatic heterocycles. The summed E-state index contributed by atoms with van der Waals surface area (Å²) in [5, 5.41) is 0. The highest BCUT2D eigenvalue weighted by molar-refractivity contribution is 5.81. The minimum Gasteiger partial charge on any atom is -0.383 e. The lowest BCUT2D eigenvalue weighted by molar-refractivity contribution is -0.134. The zero-order valence-electron chi connectivity index (χ0n) is 11.1. The fraction of sp³-hybridized carbons (Fsp3) is 0.533. The predicted molar refractivity (Wildman–Crippen MR) is 71.0 cm³/mol. The van der Waals surface area contributed by atoms with E-state index in [4.69, 9.17) is 4.74 Å². The monoisotopic (exact) mass is 247 g/mol. The van der Waals surface area contributed by atoms with E-state index in [9.17, 15) is 4.79 Å². The highest BCUT2D eigenvalue weighted by Gasteiger charge is 2.41. The van der Waals surface area contributed by atoms with Crippen LogP contribution in [0.2, 0.25) is 0 Å². The van der Waals surface area contributed by atoms with Crippen LogP contribution in [0.4, 0.5) is 0 Å². The van der Waals surface area contributed by atoms with E-state index in [0.29, 0.717) is 25.6 Å². The molecule has 1 aromatic carbocycles. The average molecular weight is 247 g/mol. The van der Waals surface area contributed by atoms with Crippen LogP contribution in [0.3, 0.4) is 0 Å². The van der Waals surface area contributed by atoms with Gasteiger partial charge < -0.3 is 9.64 Å². The molecule has 0 saturated heterocycles. The van der Waals surface area contributed by atoms with Crippen LogP contribution in [-0.2, 0) is 16.1 Å². The van der Waals surface area contributed by atoms with Gasteiger partial charge >= 0.3 is 0 Å². The van der Waals surface area contributed by atoms with Gasteiger partial charge in [-0.15, -0.1) is 0 Å². The second-order valence-corrected chi connectivity index (χ2v) is 5.06. The summed E-state index contributed by atoms with van der Waals surface area (Å²) in [6, 6.07) is 10.1. The molecule has 3 heteroatoms. The minimum atomic E-state index is 0.241. The van der Waals surface area contributed by atoms with Gasteiger partial charge in [-0.3, -0.25) is 4.79 Å². The van der Waals surface area contributed by atoms with E-state index in [0.717, 1.165) is 6.42 Å². The van der Waals surface area contributed by atoms with Gasteiger partial charge in [0.05, 0.1) is 6.61 Å². The van der Waals surface area contributed by atoms with E-state index in [1.807, 2.05) is 23.1 Å². The zero-order valence-corrected chi connectivity index (χ0v) is 11.1. The lowest BCUT2D eigenvalue weighted by Gasteiger charge is -2.22. The van der Waals surface area contributed by atoms with Crippen LogP contribution in [0.1, 0.15) is 18.9 Å². The molecular formula is C15H21NO2. The standard InChI is InChI=1S/C15H21NO2/c1-12-10-14(12)15(17)16(8-9-18-2)11-13-6-4-3-5-7-13/h3-7,12,14H,8-11H2,1-2H3. The van der Waals surface area contributed by atoms with Crippen LogP contribution in [0.5, 0.6) is 0 Å². The van der Waals surface area contributed by atoms with E-state index in [2.05, 4.69) is 19.1 Å².